The molecule has 3 aromatic rings. The van der Waals surface area contributed by atoms with Crippen LogP contribution in [0, 0.1) is 5.82 Å². The lowest BCUT2D eigenvalue weighted by Gasteiger charge is -2.43. The van der Waals surface area contributed by atoms with Crippen molar-refractivity contribution < 1.29 is 9.18 Å². The molecule has 2 aliphatic heterocycles. The zero-order chi connectivity index (χ0) is 26.5. The van der Waals surface area contributed by atoms with Gasteiger partial charge in [0.15, 0.2) is 0 Å². The van der Waals surface area contributed by atoms with E-state index in [0.717, 1.165) is 75.6 Å². The van der Waals surface area contributed by atoms with E-state index < -0.39 is 0 Å². The predicted octanol–water partition coefficient (Wildman–Crippen LogP) is 5.24. The number of piperidine rings is 1. The van der Waals surface area contributed by atoms with Crippen molar-refractivity contribution in [3.05, 3.63) is 93.3 Å². The van der Waals surface area contributed by atoms with E-state index in [9.17, 15) is 9.18 Å². The summed E-state index contributed by atoms with van der Waals surface area (Å²) < 4.78 is 13.2. The summed E-state index contributed by atoms with van der Waals surface area (Å²) in [5.74, 6) is 0.334. The first-order valence-corrected chi connectivity index (χ1v) is 13.8. The van der Waals surface area contributed by atoms with Gasteiger partial charge < -0.3 is 10.2 Å². The van der Waals surface area contributed by atoms with E-state index in [0.29, 0.717) is 28.2 Å². The van der Waals surface area contributed by atoms with Crippen LogP contribution in [0.2, 0.25) is 10.0 Å². The van der Waals surface area contributed by atoms with E-state index in [2.05, 4.69) is 25.0 Å². The van der Waals surface area contributed by atoms with Crippen LogP contribution in [0.25, 0.3) is 0 Å². The molecule has 6 nitrogen and oxygen atoms in total. The summed E-state index contributed by atoms with van der Waals surface area (Å²) in [5, 5.41) is 4.06. The number of nitrogens with one attached hydrogen (secondary N) is 1. The Bertz CT molecular complexity index is 1220. The van der Waals surface area contributed by atoms with Gasteiger partial charge in [-0.25, -0.2) is 9.37 Å². The third-order valence-corrected chi connectivity index (χ3v) is 7.99. The molecule has 3 heterocycles. The number of pyridine rings is 1. The van der Waals surface area contributed by atoms with Crippen LogP contribution in [-0.2, 0) is 13.1 Å². The Labute approximate surface area is 233 Å². The van der Waals surface area contributed by atoms with Crippen LogP contribution in [0.3, 0.4) is 0 Å². The number of halogens is 3. The van der Waals surface area contributed by atoms with Crippen molar-refractivity contribution in [2.24, 2.45) is 0 Å². The van der Waals surface area contributed by atoms with Crippen LogP contribution in [-0.4, -0.2) is 66.0 Å². The Kier molecular flexibility index (Phi) is 8.79. The average Bonchev–Trinajstić information content (AvgIpc) is 2.94. The summed E-state index contributed by atoms with van der Waals surface area (Å²) in [7, 11) is 0. The van der Waals surface area contributed by atoms with Gasteiger partial charge in [-0.15, -0.1) is 0 Å². The van der Waals surface area contributed by atoms with Crippen LogP contribution < -0.4 is 10.2 Å². The fourth-order valence-electron chi connectivity index (χ4n) is 5.26. The molecule has 9 heteroatoms. The van der Waals surface area contributed by atoms with Gasteiger partial charge in [0.1, 0.15) is 11.6 Å². The van der Waals surface area contributed by atoms with Crippen molar-refractivity contribution in [2.75, 3.05) is 44.2 Å². The first-order chi connectivity index (χ1) is 18.4. The highest BCUT2D eigenvalue weighted by atomic mass is 35.5. The number of hydrogen-bond donors (Lipinski definition) is 1. The van der Waals surface area contributed by atoms with Gasteiger partial charge in [-0.1, -0.05) is 47.5 Å². The number of anilines is 1. The fourth-order valence-corrected chi connectivity index (χ4v) is 5.68. The maximum atomic E-state index is 13.2. The lowest BCUT2D eigenvalue weighted by molar-refractivity contribution is 0.0950. The topological polar surface area (TPSA) is 51.7 Å². The SMILES string of the molecule is O=C(NCc1ccc(Cl)cc1)c1cnc(N2CCN(C3CCN(Cc4ccc(F)cc4)CC3)CC2)c(Cl)c1. The molecule has 0 unspecified atom stereocenters. The minimum Gasteiger partial charge on any atom is -0.353 e. The number of aromatic nitrogens is 1. The number of rotatable bonds is 7. The predicted molar refractivity (Wildman–Crippen MR) is 150 cm³/mol. The van der Waals surface area contributed by atoms with Crippen molar-refractivity contribution in [3.8, 4) is 0 Å². The number of amides is 1. The number of piperazine rings is 1. The van der Waals surface area contributed by atoms with Gasteiger partial charge in [-0.3, -0.25) is 14.6 Å². The number of hydrogen-bond acceptors (Lipinski definition) is 5. The second kappa shape index (κ2) is 12.4. The second-order valence-corrected chi connectivity index (χ2v) is 10.8. The number of nitrogens with zero attached hydrogens (tertiary/aromatic N) is 4. The van der Waals surface area contributed by atoms with Gasteiger partial charge in [0, 0.05) is 56.5 Å². The largest absolute Gasteiger partial charge is 0.353 e. The van der Waals surface area contributed by atoms with Gasteiger partial charge in [-0.05, 0) is 67.4 Å². The van der Waals surface area contributed by atoms with E-state index in [1.807, 2.05) is 24.3 Å². The Balaban J connectivity index is 1.08. The molecule has 0 saturated carbocycles. The first-order valence-electron chi connectivity index (χ1n) is 13.1. The van der Waals surface area contributed by atoms with Crippen molar-refractivity contribution in [3.63, 3.8) is 0 Å². The van der Waals surface area contributed by atoms with Crippen molar-refractivity contribution in [1.29, 1.82) is 0 Å². The van der Waals surface area contributed by atoms with Crippen LogP contribution in [0.4, 0.5) is 10.2 Å². The number of benzene rings is 2. The smallest absolute Gasteiger partial charge is 0.253 e. The van der Waals surface area contributed by atoms with Crippen LogP contribution >= 0.6 is 23.2 Å². The second-order valence-electron chi connectivity index (χ2n) is 10.00. The quantitative estimate of drug-likeness (QED) is 0.431. The molecule has 2 aliphatic rings. The minimum atomic E-state index is -0.212. The molecule has 5 rings (SSSR count). The highest BCUT2D eigenvalue weighted by Crippen LogP contribution is 2.27. The van der Waals surface area contributed by atoms with Gasteiger partial charge in [0.05, 0.1) is 10.6 Å². The molecule has 0 bridgehead atoms. The van der Waals surface area contributed by atoms with Gasteiger partial charge >= 0.3 is 0 Å². The molecule has 0 spiro atoms. The van der Waals surface area contributed by atoms with Crippen LogP contribution in [0.1, 0.15) is 34.3 Å². The van der Waals surface area contributed by atoms with Gasteiger partial charge in [0.2, 0.25) is 0 Å². The van der Waals surface area contributed by atoms with Crippen molar-refractivity contribution >= 4 is 34.9 Å². The molecule has 1 N–H and O–H groups in total. The Morgan fingerprint density at radius 2 is 1.58 bits per heavy atom. The standard InChI is InChI=1S/C29H32Cl2FN5O/c30-24-5-1-21(2-6-24)18-34-29(38)23-17-27(31)28(33-19-23)37-15-13-36(14-16-37)26-9-11-35(12-10-26)20-22-3-7-25(32)8-4-22/h1-8,17,19,26H,9-16,18,20H2,(H,34,38). The van der Waals surface area contributed by atoms with Crippen LogP contribution in [0.15, 0.2) is 60.8 Å². The van der Waals surface area contributed by atoms with Crippen molar-refractivity contribution in [1.82, 2.24) is 20.1 Å². The summed E-state index contributed by atoms with van der Waals surface area (Å²) in [6.07, 6.45) is 3.88. The molecule has 2 saturated heterocycles. The first kappa shape index (κ1) is 26.9. The zero-order valence-electron chi connectivity index (χ0n) is 21.3. The molecule has 0 radical (unpaired) electrons. The van der Waals surface area contributed by atoms with Gasteiger partial charge in [-0.2, -0.15) is 0 Å². The van der Waals surface area contributed by atoms with E-state index >= 15 is 0 Å². The Morgan fingerprint density at radius 1 is 0.921 bits per heavy atom. The summed E-state index contributed by atoms with van der Waals surface area (Å²) in [5.41, 5.74) is 2.57. The maximum Gasteiger partial charge on any atom is 0.253 e. The number of carbonyl (C=O) groups is 1. The molecule has 0 atom stereocenters. The Hall–Kier alpha value is -2.71. The molecule has 1 amide bonds. The molecule has 2 aromatic carbocycles. The Morgan fingerprint density at radius 3 is 2.24 bits per heavy atom. The minimum absolute atomic E-state index is 0.185. The fraction of sp³-hybridized carbons (Fsp3) is 0.379. The highest BCUT2D eigenvalue weighted by Gasteiger charge is 2.28. The van der Waals surface area contributed by atoms with Crippen molar-refractivity contribution in [2.45, 2.75) is 32.0 Å². The van der Waals surface area contributed by atoms with E-state index in [-0.39, 0.29) is 11.7 Å². The monoisotopic (exact) mass is 555 g/mol. The average molecular weight is 557 g/mol. The number of likely N-dealkylation sites (tertiary alicyclic amines) is 1. The molecule has 0 aliphatic carbocycles. The normalized spacial score (nSPS) is 17.5. The third-order valence-electron chi connectivity index (χ3n) is 7.46. The van der Waals surface area contributed by atoms with Crippen LogP contribution in [0.5, 0.6) is 0 Å². The molecule has 1 aromatic heterocycles. The zero-order valence-corrected chi connectivity index (χ0v) is 22.8. The summed E-state index contributed by atoms with van der Waals surface area (Å²) >= 11 is 12.5. The van der Waals surface area contributed by atoms with E-state index in [4.69, 9.17) is 23.2 Å². The number of carbonyl (C=O) groups excluding carboxylic acids is 1. The highest BCUT2D eigenvalue weighted by molar-refractivity contribution is 6.33. The molecule has 2 fully saturated rings. The maximum absolute atomic E-state index is 13.2. The van der Waals surface area contributed by atoms with E-state index in [1.165, 1.54) is 12.1 Å². The molecular weight excluding hydrogens is 524 g/mol. The summed E-state index contributed by atoms with van der Waals surface area (Å²) in [6, 6.07) is 16.5. The summed E-state index contributed by atoms with van der Waals surface area (Å²) in [6.45, 7) is 7.01. The lowest BCUT2D eigenvalue weighted by Crippen LogP contribution is -2.53. The van der Waals surface area contributed by atoms with E-state index in [1.54, 1.807) is 24.4 Å². The summed E-state index contributed by atoms with van der Waals surface area (Å²) in [4.78, 5) is 24.4. The molecule has 200 valence electrons. The third kappa shape index (κ3) is 6.83. The molecule has 38 heavy (non-hydrogen) atoms. The molecular formula is C29H32Cl2FN5O. The lowest BCUT2D eigenvalue weighted by atomic mass is 10.0. The van der Waals surface area contributed by atoms with Gasteiger partial charge in [0.25, 0.3) is 5.91 Å².